The van der Waals surface area contributed by atoms with Crippen LogP contribution in [0.1, 0.15) is 55.3 Å². The molecule has 29 heavy (non-hydrogen) atoms. The lowest BCUT2D eigenvalue weighted by atomic mass is 9.94. The van der Waals surface area contributed by atoms with Crippen LogP contribution >= 0.6 is 0 Å². The minimum Gasteiger partial charge on any atom is -0.389 e. The standard InChI is InChI=1S/C23H37N3O3/c1-25(20-6-4-3-5-7-20)21-10-8-18(9-11-21)23(28)24-19-12-14-26(15-13-19)16-22(27)17-29-2/h8-11,19-20,22,27H,3-7,12-17H2,1-2H3,(H,24,28). The summed E-state index contributed by atoms with van der Waals surface area (Å²) in [6.45, 7) is 2.76. The molecule has 1 unspecified atom stereocenters. The number of rotatable bonds is 8. The Hall–Kier alpha value is -1.63. The van der Waals surface area contributed by atoms with E-state index in [9.17, 15) is 9.90 Å². The van der Waals surface area contributed by atoms with E-state index in [-0.39, 0.29) is 11.9 Å². The summed E-state index contributed by atoms with van der Waals surface area (Å²) < 4.78 is 4.99. The number of benzene rings is 1. The largest absolute Gasteiger partial charge is 0.389 e. The van der Waals surface area contributed by atoms with E-state index >= 15 is 0 Å². The first-order valence-corrected chi connectivity index (χ1v) is 11.1. The highest BCUT2D eigenvalue weighted by atomic mass is 16.5. The molecule has 0 bridgehead atoms. The number of aliphatic hydroxyl groups excluding tert-OH is 1. The summed E-state index contributed by atoms with van der Waals surface area (Å²) in [6.07, 6.45) is 7.90. The van der Waals surface area contributed by atoms with E-state index in [4.69, 9.17) is 4.74 Å². The molecular weight excluding hydrogens is 366 g/mol. The number of aliphatic hydroxyl groups is 1. The molecule has 1 heterocycles. The van der Waals surface area contributed by atoms with Gasteiger partial charge in [0, 0.05) is 57.1 Å². The molecular formula is C23H37N3O3. The molecule has 6 heteroatoms. The first-order chi connectivity index (χ1) is 14.1. The number of methoxy groups -OCH3 is 1. The Morgan fingerprint density at radius 3 is 2.45 bits per heavy atom. The Bertz CT molecular complexity index is 623. The van der Waals surface area contributed by atoms with Crippen molar-refractivity contribution in [1.82, 2.24) is 10.2 Å². The minimum absolute atomic E-state index is 0.00902. The fourth-order valence-corrected chi connectivity index (χ4v) is 4.60. The summed E-state index contributed by atoms with van der Waals surface area (Å²) in [5.74, 6) is 0.00902. The van der Waals surface area contributed by atoms with Gasteiger partial charge in [0.15, 0.2) is 0 Å². The van der Waals surface area contributed by atoms with Crippen LogP contribution in [-0.2, 0) is 4.74 Å². The lowest BCUT2D eigenvalue weighted by molar-refractivity contribution is 0.0309. The fraction of sp³-hybridized carbons (Fsp3) is 0.696. The van der Waals surface area contributed by atoms with E-state index < -0.39 is 6.10 Å². The van der Waals surface area contributed by atoms with Crippen LogP contribution in [-0.4, -0.2) is 74.5 Å². The van der Waals surface area contributed by atoms with Gasteiger partial charge in [-0.05, 0) is 49.9 Å². The van der Waals surface area contributed by atoms with Crippen LogP contribution in [0.5, 0.6) is 0 Å². The molecule has 3 rings (SSSR count). The molecule has 1 amide bonds. The average Bonchev–Trinajstić information content (AvgIpc) is 2.75. The molecule has 1 saturated carbocycles. The Morgan fingerprint density at radius 1 is 1.17 bits per heavy atom. The van der Waals surface area contributed by atoms with Gasteiger partial charge < -0.3 is 25.0 Å². The van der Waals surface area contributed by atoms with Crippen LogP contribution in [0.15, 0.2) is 24.3 Å². The molecule has 1 aromatic carbocycles. The number of hydrogen-bond acceptors (Lipinski definition) is 5. The van der Waals surface area contributed by atoms with E-state index in [1.807, 2.05) is 12.1 Å². The van der Waals surface area contributed by atoms with Crippen molar-refractivity contribution in [2.45, 2.75) is 63.1 Å². The third-order valence-corrected chi connectivity index (χ3v) is 6.41. The van der Waals surface area contributed by atoms with Crippen molar-refractivity contribution < 1.29 is 14.6 Å². The number of piperidine rings is 1. The smallest absolute Gasteiger partial charge is 0.251 e. The second kappa shape index (κ2) is 11.0. The number of ether oxygens (including phenoxy) is 1. The molecule has 1 aliphatic heterocycles. The van der Waals surface area contributed by atoms with E-state index in [0.29, 0.717) is 19.2 Å². The number of hydrogen-bond donors (Lipinski definition) is 2. The highest BCUT2D eigenvalue weighted by Gasteiger charge is 2.23. The van der Waals surface area contributed by atoms with Gasteiger partial charge in [-0.1, -0.05) is 19.3 Å². The third-order valence-electron chi connectivity index (χ3n) is 6.41. The van der Waals surface area contributed by atoms with Crippen molar-refractivity contribution in [1.29, 1.82) is 0 Å². The second-order valence-electron chi connectivity index (χ2n) is 8.61. The summed E-state index contributed by atoms with van der Waals surface area (Å²) in [7, 11) is 3.77. The highest BCUT2D eigenvalue weighted by molar-refractivity contribution is 5.94. The maximum absolute atomic E-state index is 12.6. The summed E-state index contributed by atoms with van der Waals surface area (Å²) in [5.41, 5.74) is 1.92. The number of carbonyl (C=O) groups excluding carboxylic acids is 1. The van der Waals surface area contributed by atoms with Gasteiger partial charge in [-0.3, -0.25) is 4.79 Å². The second-order valence-corrected chi connectivity index (χ2v) is 8.61. The molecule has 1 aliphatic carbocycles. The van der Waals surface area contributed by atoms with Crippen LogP contribution in [0.3, 0.4) is 0 Å². The quantitative estimate of drug-likeness (QED) is 0.699. The van der Waals surface area contributed by atoms with Gasteiger partial charge in [0.05, 0.1) is 12.7 Å². The van der Waals surface area contributed by atoms with Crippen LogP contribution in [0.2, 0.25) is 0 Å². The minimum atomic E-state index is -0.448. The Labute approximate surface area is 175 Å². The maximum Gasteiger partial charge on any atom is 0.251 e. The van der Waals surface area contributed by atoms with Gasteiger partial charge in [-0.15, -0.1) is 0 Å². The predicted octanol–water partition coefficient (Wildman–Crippen LogP) is 2.66. The van der Waals surface area contributed by atoms with Crippen molar-refractivity contribution >= 4 is 11.6 Å². The molecule has 1 saturated heterocycles. The van der Waals surface area contributed by atoms with Crippen molar-refractivity contribution in [3.63, 3.8) is 0 Å². The highest BCUT2D eigenvalue weighted by Crippen LogP contribution is 2.26. The number of nitrogens with zero attached hydrogens (tertiary/aromatic N) is 2. The normalized spacial score (nSPS) is 20.4. The van der Waals surface area contributed by atoms with Crippen LogP contribution < -0.4 is 10.2 Å². The topological polar surface area (TPSA) is 65.0 Å². The summed E-state index contributed by atoms with van der Waals surface area (Å²) >= 11 is 0. The number of likely N-dealkylation sites (tertiary alicyclic amines) is 1. The molecule has 0 aromatic heterocycles. The Kier molecular flexibility index (Phi) is 8.33. The maximum atomic E-state index is 12.6. The summed E-state index contributed by atoms with van der Waals surface area (Å²) in [5, 5.41) is 13.0. The zero-order valence-electron chi connectivity index (χ0n) is 18.0. The van der Waals surface area contributed by atoms with Crippen molar-refractivity contribution in [2.75, 3.05) is 45.3 Å². The molecule has 2 N–H and O–H groups in total. The lowest BCUT2D eigenvalue weighted by Gasteiger charge is -2.33. The molecule has 2 fully saturated rings. The van der Waals surface area contributed by atoms with E-state index in [0.717, 1.165) is 31.5 Å². The fourth-order valence-electron chi connectivity index (χ4n) is 4.60. The van der Waals surface area contributed by atoms with Gasteiger partial charge >= 0.3 is 0 Å². The number of anilines is 1. The number of amides is 1. The number of carbonyl (C=O) groups is 1. The Balaban J connectivity index is 1.45. The molecule has 0 spiro atoms. The van der Waals surface area contributed by atoms with Gasteiger partial charge in [0.2, 0.25) is 0 Å². The zero-order valence-corrected chi connectivity index (χ0v) is 18.0. The first-order valence-electron chi connectivity index (χ1n) is 11.1. The van der Waals surface area contributed by atoms with Crippen LogP contribution in [0.4, 0.5) is 5.69 Å². The average molecular weight is 404 g/mol. The lowest BCUT2D eigenvalue weighted by Crippen LogP contribution is -2.47. The van der Waals surface area contributed by atoms with Crippen molar-refractivity contribution in [2.24, 2.45) is 0 Å². The van der Waals surface area contributed by atoms with Crippen molar-refractivity contribution in [3.05, 3.63) is 29.8 Å². The molecule has 6 nitrogen and oxygen atoms in total. The monoisotopic (exact) mass is 403 g/mol. The van der Waals surface area contributed by atoms with E-state index in [1.54, 1.807) is 7.11 Å². The zero-order chi connectivity index (χ0) is 20.6. The van der Waals surface area contributed by atoms with Crippen molar-refractivity contribution in [3.8, 4) is 0 Å². The van der Waals surface area contributed by atoms with Crippen LogP contribution in [0.25, 0.3) is 0 Å². The molecule has 1 atom stereocenters. The first kappa shape index (κ1) is 22.1. The molecule has 0 radical (unpaired) electrons. The predicted molar refractivity (Wildman–Crippen MR) is 117 cm³/mol. The van der Waals surface area contributed by atoms with Gasteiger partial charge in [0.25, 0.3) is 5.91 Å². The van der Waals surface area contributed by atoms with E-state index in [1.165, 1.54) is 37.8 Å². The van der Waals surface area contributed by atoms with Gasteiger partial charge in [0.1, 0.15) is 0 Å². The molecule has 162 valence electrons. The van der Waals surface area contributed by atoms with E-state index in [2.05, 4.69) is 34.3 Å². The summed E-state index contributed by atoms with van der Waals surface area (Å²) in [6, 6.07) is 8.85. The number of nitrogens with one attached hydrogen (secondary N) is 1. The Morgan fingerprint density at radius 2 is 1.83 bits per heavy atom. The van der Waals surface area contributed by atoms with Crippen LogP contribution in [0, 0.1) is 0 Å². The number of β-amino-alcohol motifs (C(OH)–C–C–N with tert-alkyl or cyclic N) is 1. The molecule has 1 aromatic rings. The van der Waals surface area contributed by atoms with Gasteiger partial charge in [-0.25, -0.2) is 0 Å². The SMILES string of the molecule is COCC(O)CN1CCC(NC(=O)c2ccc(N(C)C3CCCCC3)cc2)CC1. The summed E-state index contributed by atoms with van der Waals surface area (Å²) in [4.78, 5) is 17.3. The van der Waals surface area contributed by atoms with Gasteiger partial charge in [-0.2, -0.15) is 0 Å². The third kappa shape index (κ3) is 6.43. The molecule has 2 aliphatic rings.